The number of fused-ring (bicyclic) bond motifs is 9. The van der Waals surface area contributed by atoms with Gasteiger partial charge in [-0.15, -0.1) is 0 Å². The van der Waals surface area contributed by atoms with Gasteiger partial charge in [-0.05, 0) is 195 Å². The van der Waals surface area contributed by atoms with Crippen LogP contribution < -0.4 is 5.32 Å². The van der Waals surface area contributed by atoms with Crippen molar-refractivity contribution in [3.63, 3.8) is 0 Å². The lowest BCUT2D eigenvalue weighted by Crippen LogP contribution is -2.57. The number of nitrogens with zero attached hydrogens (tertiary/aromatic N) is 4. The van der Waals surface area contributed by atoms with Crippen molar-refractivity contribution >= 4 is 0 Å². The van der Waals surface area contributed by atoms with E-state index in [0.29, 0.717) is 5.92 Å². The maximum atomic E-state index is 9.49. The summed E-state index contributed by atoms with van der Waals surface area (Å²) in [6.45, 7) is 1.30. The lowest BCUT2D eigenvalue weighted by atomic mass is 9.63. The molecule has 12 fully saturated rings. The molecule has 0 radical (unpaired) electrons. The van der Waals surface area contributed by atoms with E-state index in [1.807, 2.05) is 0 Å². The van der Waals surface area contributed by atoms with E-state index in [-0.39, 0.29) is 0 Å². The first-order valence-corrected chi connectivity index (χ1v) is 27.7. The predicted molar refractivity (Wildman–Crippen MR) is 240 cm³/mol. The van der Waals surface area contributed by atoms with Gasteiger partial charge in [-0.2, -0.15) is 5.26 Å². The molecule has 0 aromatic heterocycles. The van der Waals surface area contributed by atoms with Gasteiger partial charge < -0.3 is 5.32 Å². The molecule has 59 heavy (non-hydrogen) atoms. The van der Waals surface area contributed by atoms with Crippen molar-refractivity contribution in [2.75, 3.05) is 6.54 Å². The molecule has 14 unspecified atom stereocenters. The quantitative estimate of drug-likeness (QED) is 0.300. The second-order valence-corrected chi connectivity index (χ2v) is 24.5. The molecule has 5 heteroatoms. The molecule has 1 N–H and O–H groups in total. The van der Waals surface area contributed by atoms with Crippen molar-refractivity contribution in [3.05, 3.63) is 0 Å². The van der Waals surface area contributed by atoms with E-state index in [0.717, 1.165) is 114 Å². The first kappa shape index (κ1) is 39.9. The molecule has 0 amide bonds. The summed E-state index contributed by atoms with van der Waals surface area (Å²) in [5.41, 5.74) is 0. The van der Waals surface area contributed by atoms with E-state index >= 15 is 0 Å². The minimum Gasteiger partial charge on any atom is -0.312 e. The van der Waals surface area contributed by atoms with Crippen LogP contribution in [0, 0.1) is 70.5 Å². The molecule has 0 aromatic carbocycles. The molecule has 8 aliphatic carbocycles. The monoisotopic (exact) mass is 806 g/mol. The van der Waals surface area contributed by atoms with Gasteiger partial charge in [0.25, 0.3) is 0 Å². The zero-order chi connectivity index (χ0) is 39.0. The number of hydrogen-bond acceptors (Lipinski definition) is 5. The molecule has 0 aromatic rings. The van der Waals surface area contributed by atoms with Crippen molar-refractivity contribution in [1.82, 2.24) is 20.0 Å². The summed E-state index contributed by atoms with van der Waals surface area (Å²) >= 11 is 0. The maximum absolute atomic E-state index is 9.49. The molecule has 14 atom stereocenters. The van der Waals surface area contributed by atoms with Gasteiger partial charge in [-0.25, -0.2) is 0 Å². The fourth-order valence-corrected chi connectivity index (χ4v) is 20.1. The Hall–Kier alpha value is -0.670. The lowest BCUT2D eigenvalue weighted by molar-refractivity contribution is 0.0140. The molecular weight excluding hydrogens is 719 g/mol. The number of piperidine rings is 1. The summed E-state index contributed by atoms with van der Waals surface area (Å²) < 4.78 is 0. The van der Waals surface area contributed by atoms with Gasteiger partial charge in [0.1, 0.15) is 0 Å². The van der Waals surface area contributed by atoms with E-state index in [2.05, 4.69) is 26.1 Å². The Morgan fingerprint density at radius 2 is 0.797 bits per heavy atom. The first-order chi connectivity index (χ1) is 29.2. The molecule has 5 nitrogen and oxygen atoms in total. The van der Waals surface area contributed by atoms with Gasteiger partial charge in [0.05, 0.1) is 6.07 Å². The summed E-state index contributed by atoms with van der Waals surface area (Å²) in [4.78, 5) is 9.95. The van der Waals surface area contributed by atoms with Gasteiger partial charge in [-0.3, -0.25) is 14.7 Å². The standard InChI is InChI=1S/C54H87N5/c55-33-35-19-21-36(22-20-35)37-23-26-41(27-24-37)59-50-18-10-8-16-43(50)47-31-48(56-34-54(47)59)38-25-28-51-44(29-38)46-30-45-42-15-7-9-17-49(42)57(39-11-3-1-4-12-39)52(45)32-53(46)58(51)40-13-5-2-6-14-40/h35-54,56H,1-32,34H2. The van der Waals surface area contributed by atoms with Crippen molar-refractivity contribution < 1.29 is 0 Å². The summed E-state index contributed by atoms with van der Waals surface area (Å²) in [6, 6.07) is 11.4. The Labute approximate surface area is 361 Å². The van der Waals surface area contributed by atoms with Gasteiger partial charge >= 0.3 is 0 Å². The van der Waals surface area contributed by atoms with Crippen LogP contribution in [0.15, 0.2) is 0 Å². The molecule has 8 saturated carbocycles. The SMILES string of the molecule is N#CC1CCC(C2CCC(N3C4CCCCC4C4CC(C5CCC6C(C5)C5CC7C8CCCCC8N(C8CCCCC8)C7CC5N6C5CCCCC5)NCC43)CC2)CC1. The minimum atomic E-state index is 0.352. The van der Waals surface area contributed by atoms with E-state index in [1.54, 1.807) is 25.7 Å². The van der Waals surface area contributed by atoms with E-state index < -0.39 is 0 Å². The van der Waals surface area contributed by atoms with E-state index in [9.17, 15) is 5.26 Å². The average molecular weight is 806 g/mol. The summed E-state index contributed by atoms with van der Waals surface area (Å²) in [7, 11) is 0. The molecule has 4 aliphatic heterocycles. The third kappa shape index (κ3) is 7.09. The molecule has 328 valence electrons. The summed E-state index contributed by atoms with van der Waals surface area (Å²) in [6.07, 6.45) is 47.4. The van der Waals surface area contributed by atoms with Gasteiger partial charge in [0.2, 0.25) is 0 Å². The molecule has 12 rings (SSSR count). The summed E-state index contributed by atoms with van der Waals surface area (Å²) in [5.74, 6) is 9.12. The topological polar surface area (TPSA) is 45.5 Å². The van der Waals surface area contributed by atoms with Crippen LogP contribution in [0.1, 0.15) is 205 Å². The molecule has 0 bridgehead atoms. The third-order valence-corrected chi connectivity index (χ3v) is 22.4. The third-order valence-electron chi connectivity index (χ3n) is 22.4. The lowest BCUT2D eigenvalue weighted by Gasteiger charge is -2.48. The Kier molecular flexibility index (Phi) is 11.5. The van der Waals surface area contributed by atoms with Crippen LogP contribution in [0.5, 0.6) is 0 Å². The Morgan fingerprint density at radius 3 is 1.41 bits per heavy atom. The minimum absolute atomic E-state index is 0.352. The highest BCUT2D eigenvalue weighted by molar-refractivity contribution is 5.16. The van der Waals surface area contributed by atoms with Crippen LogP contribution in [0.25, 0.3) is 0 Å². The highest BCUT2D eigenvalue weighted by Crippen LogP contribution is 2.60. The molecular formula is C54H87N5. The van der Waals surface area contributed by atoms with Crippen molar-refractivity contribution in [2.45, 2.75) is 266 Å². The van der Waals surface area contributed by atoms with Crippen LogP contribution in [-0.4, -0.2) is 81.7 Å². The molecule has 12 aliphatic rings. The first-order valence-electron chi connectivity index (χ1n) is 27.7. The fraction of sp³-hybridized carbons (Fsp3) is 0.981. The normalized spacial score (nSPS) is 51.4. The number of rotatable bonds is 5. The Bertz CT molecular complexity index is 1460. The van der Waals surface area contributed by atoms with Crippen molar-refractivity contribution in [1.29, 1.82) is 5.26 Å². The smallest absolute Gasteiger partial charge is 0.0655 e. The maximum Gasteiger partial charge on any atom is 0.0655 e. The second kappa shape index (κ2) is 17.0. The van der Waals surface area contributed by atoms with Crippen molar-refractivity contribution in [2.24, 2.45) is 59.2 Å². The highest BCUT2D eigenvalue weighted by Gasteiger charge is 2.62. The van der Waals surface area contributed by atoms with Gasteiger partial charge in [0, 0.05) is 72.9 Å². The van der Waals surface area contributed by atoms with E-state index in [4.69, 9.17) is 0 Å². The largest absolute Gasteiger partial charge is 0.312 e. The van der Waals surface area contributed by atoms with Gasteiger partial charge in [-0.1, -0.05) is 64.2 Å². The van der Waals surface area contributed by atoms with E-state index in [1.165, 1.54) is 186 Å². The molecule has 4 saturated heterocycles. The number of nitriles is 1. The second-order valence-electron chi connectivity index (χ2n) is 24.5. The fourth-order valence-electron chi connectivity index (χ4n) is 20.1. The van der Waals surface area contributed by atoms with Gasteiger partial charge in [0.15, 0.2) is 0 Å². The van der Waals surface area contributed by atoms with Crippen LogP contribution >= 0.6 is 0 Å². The van der Waals surface area contributed by atoms with Crippen LogP contribution in [0.3, 0.4) is 0 Å². The highest BCUT2D eigenvalue weighted by atomic mass is 15.3. The zero-order valence-electron chi connectivity index (χ0n) is 37.7. The van der Waals surface area contributed by atoms with Crippen LogP contribution in [-0.2, 0) is 0 Å². The number of hydrogen-bond donors (Lipinski definition) is 1. The van der Waals surface area contributed by atoms with Crippen LogP contribution in [0.2, 0.25) is 0 Å². The zero-order valence-corrected chi connectivity index (χ0v) is 37.7. The predicted octanol–water partition coefficient (Wildman–Crippen LogP) is 11.5. The number of likely N-dealkylation sites (tertiary alicyclic amines) is 3. The summed E-state index contributed by atoms with van der Waals surface area (Å²) in [5, 5.41) is 14.0. The van der Waals surface area contributed by atoms with Crippen LogP contribution in [0.4, 0.5) is 0 Å². The van der Waals surface area contributed by atoms with Crippen molar-refractivity contribution in [3.8, 4) is 6.07 Å². The number of nitrogens with one attached hydrogen (secondary N) is 1. The Balaban J connectivity index is 0.751. The molecule has 4 heterocycles. The average Bonchev–Trinajstić information content (AvgIpc) is 3.93. The Morgan fingerprint density at radius 1 is 0.339 bits per heavy atom. The molecule has 0 spiro atoms.